The van der Waals surface area contributed by atoms with Crippen molar-refractivity contribution in [2.75, 3.05) is 30.8 Å². The number of hydrogen-bond donors (Lipinski definition) is 2. The maximum atomic E-state index is 12.1. The Kier molecular flexibility index (Phi) is 5.57. The Morgan fingerprint density at radius 1 is 1.32 bits per heavy atom. The summed E-state index contributed by atoms with van der Waals surface area (Å²) in [6.07, 6.45) is 1.03. The maximum Gasteiger partial charge on any atom is 0.356 e. The SMILES string of the molecule is COC(=O)c1cc(N)nc(N2C[C@@H]3C[C@H](C2)c2cccc(=O)n2C3)n1.O=CO. The van der Waals surface area contributed by atoms with E-state index in [1.165, 1.54) is 13.2 Å². The number of nitrogen functional groups attached to an aromatic ring is 1. The van der Waals surface area contributed by atoms with Crippen LogP contribution in [0.5, 0.6) is 0 Å². The van der Waals surface area contributed by atoms with Gasteiger partial charge in [0.1, 0.15) is 5.82 Å². The van der Waals surface area contributed by atoms with Gasteiger partial charge in [-0.25, -0.2) is 9.78 Å². The van der Waals surface area contributed by atoms with Gasteiger partial charge in [-0.3, -0.25) is 9.59 Å². The normalized spacial score (nSPS) is 19.7. The number of ether oxygens (including phenoxy) is 1. The second-order valence-electron chi connectivity index (χ2n) is 6.68. The van der Waals surface area contributed by atoms with Crippen LogP contribution in [0.2, 0.25) is 0 Å². The predicted octanol–water partition coefficient (Wildman–Crippen LogP) is 0.332. The van der Waals surface area contributed by atoms with Crippen molar-refractivity contribution in [3.05, 3.63) is 46.0 Å². The fraction of sp³-hybridized carbons (Fsp3) is 0.389. The number of fused-ring (bicyclic) bond motifs is 4. The first kappa shape index (κ1) is 19.3. The van der Waals surface area contributed by atoms with Gasteiger partial charge in [0, 0.05) is 43.4 Å². The van der Waals surface area contributed by atoms with E-state index in [9.17, 15) is 9.59 Å². The number of piperidine rings is 1. The molecular formula is C18H21N5O5. The first-order chi connectivity index (χ1) is 13.5. The Morgan fingerprint density at radius 2 is 2.07 bits per heavy atom. The third-order valence-electron chi connectivity index (χ3n) is 4.89. The van der Waals surface area contributed by atoms with Gasteiger partial charge in [-0.2, -0.15) is 4.98 Å². The lowest BCUT2D eigenvalue weighted by Crippen LogP contribution is -2.47. The Bertz CT molecular complexity index is 944. The van der Waals surface area contributed by atoms with Crippen LogP contribution in [0.1, 0.15) is 28.5 Å². The Hall–Kier alpha value is -3.43. The number of hydrogen-bond acceptors (Lipinski definition) is 8. The number of carbonyl (C=O) groups is 2. The topological polar surface area (TPSA) is 141 Å². The lowest BCUT2D eigenvalue weighted by atomic mass is 9.83. The number of methoxy groups -OCH3 is 1. The number of aromatic nitrogens is 3. The zero-order chi connectivity index (χ0) is 20.3. The van der Waals surface area contributed by atoms with Gasteiger partial charge >= 0.3 is 5.97 Å². The molecule has 2 aliphatic heterocycles. The molecule has 0 amide bonds. The molecule has 1 fully saturated rings. The number of carbonyl (C=O) groups excluding carboxylic acids is 1. The standard InChI is InChI=1S/C17H19N5O3.CH2O2/c1-25-16(24)12-6-14(18)20-17(19-12)21-7-10-5-11(9-21)13-3-2-4-15(23)22(13)8-10;2-1-3/h2-4,6,10-11H,5,7-9H2,1H3,(H2,18,19,20);1H,(H,2,3)/t10-,11+;/m0./s1. The molecule has 3 N–H and O–H groups in total. The highest BCUT2D eigenvalue weighted by molar-refractivity contribution is 5.88. The van der Waals surface area contributed by atoms with E-state index in [-0.39, 0.29) is 29.5 Å². The van der Waals surface area contributed by atoms with Crippen LogP contribution in [0.25, 0.3) is 0 Å². The van der Waals surface area contributed by atoms with Crippen molar-refractivity contribution >= 4 is 24.2 Å². The molecule has 0 saturated carbocycles. The molecule has 1 saturated heterocycles. The summed E-state index contributed by atoms with van der Waals surface area (Å²) in [4.78, 5) is 42.9. The first-order valence-electron chi connectivity index (χ1n) is 8.72. The molecule has 0 radical (unpaired) electrons. The fourth-order valence-electron chi connectivity index (χ4n) is 3.86. The zero-order valence-electron chi connectivity index (χ0n) is 15.3. The minimum Gasteiger partial charge on any atom is -0.483 e. The van der Waals surface area contributed by atoms with Crippen molar-refractivity contribution in [1.29, 1.82) is 0 Å². The van der Waals surface area contributed by atoms with E-state index >= 15 is 0 Å². The number of anilines is 2. The van der Waals surface area contributed by atoms with E-state index in [0.29, 0.717) is 25.0 Å². The molecule has 28 heavy (non-hydrogen) atoms. The summed E-state index contributed by atoms with van der Waals surface area (Å²) in [5.41, 5.74) is 7.09. The van der Waals surface area contributed by atoms with Crippen molar-refractivity contribution in [1.82, 2.24) is 14.5 Å². The highest BCUT2D eigenvalue weighted by Crippen LogP contribution is 2.36. The smallest absolute Gasteiger partial charge is 0.356 e. The third kappa shape index (κ3) is 3.80. The highest BCUT2D eigenvalue weighted by atomic mass is 16.5. The van der Waals surface area contributed by atoms with Crippen molar-refractivity contribution in [3.63, 3.8) is 0 Å². The second-order valence-corrected chi connectivity index (χ2v) is 6.68. The summed E-state index contributed by atoms with van der Waals surface area (Å²) < 4.78 is 6.60. The van der Waals surface area contributed by atoms with Crippen molar-refractivity contribution < 1.29 is 19.4 Å². The van der Waals surface area contributed by atoms with Crippen molar-refractivity contribution in [3.8, 4) is 0 Å². The molecule has 10 heteroatoms. The number of nitrogens with two attached hydrogens (primary N) is 1. The molecule has 0 spiro atoms. The lowest BCUT2D eigenvalue weighted by Gasteiger charge is -2.42. The van der Waals surface area contributed by atoms with E-state index in [2.05, 4.69) is 9.97 Å². The molecule has 2 aromatic rings. The summed E-state index contributed by atoms with van der Waals surface area (Å²) in [5, 5.41) is 6.89. The average Bonchev–Trinajstić information content (AvgIpc) is 2.68. The molecule has 4 rings (SSSR count). The minimum atomic E-state index is -0.538. The van der Waals surface area contributed by atoms with Gasteiger partial charge in [-0.15, -0.1) is 0 Å². The van der Waals surface area contributed by atoms with Gasteiger partial charge in [-0.05, 0) is 18.4 Å². The van der Waals surface area contributed by atoms with Crippen molar-refractivity contribution in [2.45, 2.75) is 18.9 Å². The third-order valence-corrected chi connectivity index (χ3v) is 4.89. The predicted molar refractivity (Wildman–Crippen MR) is 100 cm³/mol. The summed E-state index contributed by atoms with van der Waals surface area (Å²) >= 11 is 0. The number of pyridine rings is 1. The monoisotopic (exact) mass is 387 g/mol. The van der Waals surface area contributed by atoms with E-state index in [1.807, 2.05) is 15.5 Å². The lowest BCUT2D eigenvalue weighted by molar-refractivity contribution is -0.122. The van der Waals surface area contributed by atoms with Crippen LogP contribution in [-0.2, 0) is 16.1 Å². The van der Waals surface area contributed by atoms with Gasteiger partial charge in [0.15, 0.2) is 5.69 Å². The molecule has 0 unspecified atom stereocenters. The van der Waals surface area contributed by atoms with Crippen LogP contribution in [0.15, 0.2) is 29.1 Å². The summed E-state index contributed by atoms with van der Waals surface area (Å²) in [5.74, 6) is 0.690. The van der Waals surface area contributed by atoms with Gasteiger partial charge in [0.25, 0.3) is 12.0 Å². The Morgan fingerprint density at radius 3 is 2.79 bits per heavy atom. The van der Waals surface area contributed by atoms with Crippen LogP contribution in [-0.4, -0.2) is 52.3 Å². The molecule has 2 atom stereocenters. The molecule has 2 bridgehead atoms. The number of carboxylic acid groups (broad SMARTS) is 1. The number of nitrogens with zero attached hydrogens (tertiary/aromatic N) is 4. The Labute approximate surface area is 160 Å². The van der Waals surface area contributed by atoms with Gasteiger partial charge in [0.2, 0.25) is 5.95 Å². The summed E-state index contributed by atoms with van der Waals surface area (Å²) in [7, 11) is 1.31. The molecule has 148 valence electrons. The van der Waals surface area contributed by atoms with Gasteiger partial charge in [0.05, 0.1) is 7.11 Å². The highest BCUT2D eigenvalue weighted by Gasteiger charge is 2.35. The first-order valence-corrected chi connectivity index (χ1v) is 8.72. The second kappa shape index (κ2) is 8.07. The largest absolute Gasteiger partial charge is 0.483 e. The molecule has 10 nitrogen and oxygen atoms in total. The zero-order valence-corrected chi connectivity index (χ0v) is 15.3. The van der Waals surface area contributed by atoms with Crippen LogP contribution >= 0.6 is 0 Å². The molecule has 4 heterocycles. The molecule has 0 aromatic carbocycles. The molecule has 2 aromatic heterocycles. The quantitative estimate of drug-likeness (QED) is 0.551. The van der Waals surface area contributed by atoms with Crippen LogP contribution < -0.4 is 16.2 Å². The minimum absolute atomic E-state index is 0.0498. The molecule has 0 aliphatic carbocycles. The van der Waals surface area contributed by atoms with E-state index in [0.717, 1.165) is 18.7 Å². The fourth-order valence-corrected chi connectivity index (χ4v) is 3.86. The number of esters is 1. The summed E-state index contributed by atoms with van der Waals surface area (Å²) in [6.45, 7) is 1.85. The Balaban J connectivity index is 0.000000706. The summed E-state index contributed by atoms with van der Waals surface area (Å²) in [6, 6.07) is 6.83. The molecular weight excluding hydrogens is 366 g/mol. The average molecular weight is 387 g/mol. The van der Waals surface area contributed by atoms with Crippen LogP contribution in [0.4, 0.5) is 11.8 Å². The van der Waals surface area contributed by atoms with Crippen molar-refractivity contribution in [2.24, 2.45) is 5.92 Å². The van der Waals surface area contributed by atoms with Crippen LogP contribution in [0.3, 0.4) is 0 Å². The van der Waals surface area contributed by atoms with E-state index in [4.69, 9.17) is 20.4 Å². The maximum absolute atomic E-state index is 12.1. The van der Waals surface area contributed by atoms with Gasteiger partial charge < -0.3 is 25.0 Å². The van der Waals surface area contributed by atoms with E-state index in [1.54, 1.807) is 12.1 Å². The van der Waals surface area contributed by atoms with Crippen LogP contribution in [0, 0.1) is 5.92 Å². The number of rotatable bonds is 2. The van der Waals surface area contributed by atoms with E-state index < -0.39 is 5.97 Å². The molecule has 2 aliphatic rings. The van der Waals surface area contributed by atoms with Gasteiger partial charge in [-0.1, -0.05) is 6.07 Å².